The molecule has 0 saturated carbocycles. The molecule has 0 aliphatic rings. The summed E-state index contributed by atoms with van der Waals surface area (Å²) in [5.74, 6) is 0. The lowest BCUT2D eigenvalue weighted by molar-refractivity contribution is -0.597. The van der Waals surface area contributed by atoms with Crippen LogP contribution < -0.4 is 21.2 Å². The Morgan fingerprint density at radius 1 is 0.600 bits per heavy atom. The molecule has 0 fully saturated rings. The van der Waals surface area contributed by atoms with Crippen LogP contribution in [0.2, 0.25) is 0 Å². The fourth-order valence-corrected chi connectivity index (χ4v) is 3.35. The van der Waals surface area contributed by atoms with Crippen LogP contribution >= 0.6 is 0 Å². The van der Waals surface area contributed by atoms with Crippen molar-refractivity contribution in [2.24, 2.45) is 0 Å². The first-order valence-corrected chi connectivity index (χ1v) is 7.36. The van der Waals surface area contributed by atoms with E-state index < -0.39 is 0 Å². The second-order valence-electron chi connectivity index (χ2n) is 2.69. The van der Waals surface area contributed by atoms with Crippen molar-refractivity contribution in [3.05, 3.63) is 67.8 Å². The first-order chi connectivity index (χ1) is 7.45. The van der Waals surface area contributed by atoms with Gasteiger partial charge in [-0.15, -0.1) is 0 Å². The number of benzene rings is 2. The molecule has 0 spiro atoms. The van der Waals surface area contributed by atoms with Crippen LogP contribution in [0, 0.1) is 7.14 Å². The summed E-state index contributed by atoms with van der Waals surface area (Å²) in [5, 5.41) is 0. The van der Waals surface area contributed by atoms with Crippen LogP contribution in [-0.4, -0.2) is 0 Å². The fourth-order valence-electron chi connectivity index (χ4n) is 1.08. The lowest BCUT2D eigenvalue weighted by Crippen LogP contribution is -3.61. The average molecular weight is 311 g/mol. The summed E-state index contributed by atoms with van der Waals surface area (Å²) in [7, 11) is 0. The van der Waals surface area contributed by atoms with Crippen LogP contribution in [0.3, 0.4) is 0 Å². The van der Waals surface area contributed by atoms with Gasteiger partial charge in [0.1, 0.15) is 0 Å². The molecular weight excluding hydrogens is 295 g/mol. The number of hydrogen-bond donors (Lipinski definition) is 0. The smallest absolute Gasteiger partial charge is 0.0683 e. The Balaban J connectivity index is 0.000000531. The van der Waals surface area contributed by atoms with Gasteiger partial charge in [0.25, 0.3) is 0 Å². The van der Waals surface area contributed by atoms with Gasteiger partial charge in [0.05, 0.1) is 0 Å². The second-order valence-corrected chi connectivity index (χ2v) is 5.72. The summed E-state index contributed by atoms with van der Waals surface area (Å²) in [5.41, 5.74) is 0. The predicted octanol–water partition coefficient (Wildman–Crippen LogP) is 0.841. The highest BCUT2D eigenvalue weighted by molar-refractivity contribution is 5.02. The monoisotopic (exact) mass is 311 g/mol. The van der Waals surface area contributed by atoms with E-state index in [1.165, 1.54) is 7.14 Å². The van der Waals surface area contributed by atoms with E-state index in [9.17, 15) is 0 Å². The number of rotatable bonds is 2. The summed E-state index contributed by atoms with van der Waals surface area (Å²) >= 11 is 0.0287. The molecule has 0 amide bonds. The van der Waals surface area contributed by atoms with Gasteiger partial charge < -0.3 is 0 Å². The van der Waals surface area contributed by atoms with Crippen LogP contribution in [0.5, 0.6) is 0 Å². The Morgan fingerprint density at radius 2 is 0.933 bits per heavy atom. The van der Waals surface area contributed by atoms with Crippen LogP contribution in [0.15, 0.2) is 60.7 Å². The number of hydrogen-bond acceptors (Lipinski definition) is 0. The molecule has 2 aromatic carbocycles. The highest BCUT2D eigenvalue weighted by atomic mass is 127. The van der Waals surface area contributed by atoms with Crippen LogP contribution in [0.25, 0.3) is 0 Å². The first-order valence-electron chi connectivity index (χ1n) is 5.20. The molecular formula is C14H16I+. The minimum atomic E-state index is 0.0287. The molecule has 0 heterocycles. The van der Waals surface area contributed by atoms with Crippen molar-refractivity contribution in [1.82, 2.24) is 0 Å². The van der Waals surface area contributed by atoms with Crippen molar-refractivity contribution in [2.75, 3.05) is 0 Å². The maximum Gasteiger partial charge on any atom is 0.357 e. The van der Waals surface area contributed by atoms with Gasteiger partial charge in [0, 0.05) is 0 Å². The van der Waals surface area contributed by atoms with Gasteiger partial charge in [0.15, 0.2) is 7.14 Å². The molecule has 0 aliphatic heterocycles. The first kappa shape index (κ1) is 12.2. The van der Waals surface area contributed by atoms with Crippen LogP contribution in [0.4, 0.5) is 0 Å². The van der Waals surface area contributed by atoms with Gasteiger partial charge in [-0.3, -0.25) is 0 Å². The van der Waals surface area contributed by atoms with Crippen molar-refractivity contribution < 1.29 is 21.2 Å². The Bertz CT molecular complexity index is 316. The highest BCUT2D eigenvalue weighted by Gasteiger charge is 2.12. The zero-order valence-electron chi connectivity index (χ0n) is 9.15. The highest BCUT2D eigenvalue weighted by Crippen LogP contribution is 1.85. The van der Waals surface area contributed by atoms with Gasteiger partial charge >= 0.3 is 21.2 Å². The largest absolute Gasteiger partial charge is 0.357 e. The maximum absolute atomic E-state index is 2.21. The van der Waals surface area contributed by atoms with E-state index in [0.717, 1.165) is 0 Å². The molecule has 0 N–H and O–H groups in total. The van der Waals surface area contributed by atoms with Gasteiger partial charge in [0.2, 0.25) is 0 Å². The molecule has 0 bridgehead atoms. The van der Waals surface area contributed by atoms with Gasteiger partial charge in [-0.25, -0.2) is 0 Å². The van der Waals surface area contributed by atoms with E-state index in [1.807, 2.05) is 13.8 Å². The van der Waals surface area contributed by atoms with Crippen molar-refractivity contribution >= 4 is 0 Å². The van der Waals surface area contributed by atoms with Crippen molar-refractivity contribution in [3.8, 4) is 0 Å². The summed E-state index contributed by atoms with van der Waals surface area (Å²) < 4.78 is 2.96. The number of halogens is 1. The second kappa shape index (κ2) is 7.46. The Kier molecular flexibility index (Phi) is 6.09. The molecule has 0 aromatic heterocycles. The van der Waals surface area contributed by atoms with Crippen molar-refractivity contribution in [1.29, 1.82) is 0 Å². The molecule has 0 nitrogen and oxygen atoms in total. The molecule has 0 radical (unpaired) electrons. The fraction of sp³-hybridized carbons (Fsp3) is 0.143. The summed E-state index contributed by atoms with van der Waals surface area (Å²) in [4.78, 5) is 0. The molecule has 0 atom stereocenters. The summed E-state index contributed by atoms with van der Waals surface area (Å²) in [6.07, 6.45) is 0. The van der Waals surface area contributed by atoms with Gasteiger partial charge in [-0.1, -0.05) is 50.2 Å². The Labute approximate surface area is 103 Å². The van der Waals surface area contributed by atoms with E-state index in [2.05, 4.69) is 60.7 Å². The van der Waals surface area contributed by atoms with E-state index in [0.29, 0.717) is 0 Å². The molecule has 0 aliphatic carbocycles. The van der Waals surface area contributed by atoms with E-state index in [-0.39, 0.29) is 21.2 Å². The third-order valence-electron chi connectivity index (χ3n) is 1.68. The lowest BCUT2D eigenvalue weighted by Gasteiger charge is -1.84. The van der Waals surface area contributed by atoms with E-state index in [1.54, 1.807) is 0 Å². The zero-order valence-corrected chi connectivity index (χ0v) is 11.3. The average Bonchev–Trinajstić information content (AvgIpc) is 2.34. The molecule has 0 unspecified atom stereocenters. The SMILES string of the molecule is CC.c1ccc([I+]c2ccccc2)cc1. The lowest BCUT2D eigenvalue weighted by atomic mass is 10.4. The van der Waals surface area contributed by atoms with Gasteiger partial charge in [-0.05, 0) is 24.3 Å². The van der Waals surface area contributed by atoms with Crippen LogP contribution in [-0.2, 0) is 0 Å². The third kappa shape index (κ3) is 4.47. The maximum atomic E-state index is 2.21. The predicted molar refractivity (Wildman–Crippen MR) is 61.6 cm³/mol. The van der Waals surface area contributed by atoms with Crippen molar-refractivity contribution in [3.63, 3.8) is 0 Å². The van der Waals surface area contributed by atoms with Crippen molar-refractivity contribution in [2.45, 2.75) is 13.8 Å². The molecule has 0 saturated heterocycles. The third-order valence-corrected chi connectivity index (χ3v) is 4.37. The quantitative estimate of drug-likeness (QED) is 0.721. The van der Waals surface area contributed by atoms with E-state index >= 15 is 0 Å². The van der Waals surface area contributed by atoms with Crippen LogP contribution in [0.1, 0.15) is 13.8 Å². The Morgan fingerprint density at radius 3 is 1.27 bits per heavy atom. The standard InChI is InChI=1S/C12H10I.C2H6/c1-3-7-11(8-4-1)13-12-9-5-2-6-10-12;1-2/h1-10H;1-2H3/q+1;. The normalized spacial score (nSPS) is 8.93. The molecule has 1 heteroatoms. The topological polar surface area (TPSA) is 0 Å². The zero-order chi connectivity index (χ0) is 10.9. The molecule has 15 heavy (non-hydrogen) atoms. The minimum Gasteiger partial charge on any atom is -0.0683 e. The molecule has 2 aromatic rings. The van der Waals surface area contributed by atoms with Gasteiger partial charge in [-0.2, -0.15) is 0 Å². The summed E-state index contributed by atoms with van der Waals surface area (Å²) in [6.45, 7) is 4.00. The summed E-state index contributed by atoms with van der Waals surface area (Å²) in [6, 6.07) is 21.4. The minimum absolute atomic E-state index is 0.0287. The molecule has 78 valence electrons. The van der Waals surface area contributed by atoms with E-state index in [4.69, 9.17) is 0 Å². The Hall–Kier alpha value is -0.830. The molecule has 2 rings (SSSR count).